The fourth-order valence-corrected chi connectivity index (χ4v) is 5.19. The molecule has 1 saturated carbocycles. The van der Waals surface area contributed by atoms with Crippen LogP contribution in [0, 0.1) is 5.92 Å². The van der Waals surface area contributed by atoms with E-state index in [1.165, 1.54) is 0 Å². The summed E-state index contributed by atoms with van der Waals surface area (Å²) in [5, 5.41) is 4.00. The Labute approximate surface area is 190 Å². The zero-order valence-corrected chi connectivity index (χ0v) is 18.6. The average molecular weight is 441 g/mol. The van der Waals surface area contributed by atoms with E-state index in [1.807, 2.05) is 72.8 Å². The van der Waals surface area contributed by atoms with E-state index in [4.69, 9.17) is 4.98 Å². The van der Waals surface area contributed by atoms with Gasteiger partial charge in [-0.15, -0.1) is 0 Å². The summed E-state index contributed by atoms with van der Waals surface area (Å²) in [6.07, 6.45) is 3.81. The number of benzene rings is 3. The van der Waals surface area contributed by atoms with Gasteiger partial charge in [0, 0.05) is 17.2 Å². The van der Waals surface area contributed by atoms with E-state index in [-0.39, 0.29) is 11.9 Å². The van der Waals surface area contributed by atoms with Crippen LogP contribution in [0.5, 0.6) is 0 Å². The van der Waals surface area contributed by atoms with Gasteiger partial charge in [0.05, 0.1) is 38.5 Å². The maximum Gasteiger partial charge on any atom is 0.253 e. The molecule has 1 aliphatic carbocycles. The van der Waals surface area contributed by atoms with Gasteiger partial charge in [0.25, 0.3) is 5.91 Å². The molecular weight excluding hydrogens is 416 g/mol. The molecule has 1 heterocycles. The van der Waals surface area contributed by atoms with Crippen molar-refractivity contribution in [2.75, 3.05) is 6.26 Å². The van der Waals surface area contributed by atoms with E-state index in [0.717, 1.165) is 29.4 Å². The number of pyridine rings is 1. The standard InChI is InChI=1S/C27H24N2O2S/c1-32(31)26-23(27(30)29-24(20-16-17-20)18-10-4-2-5-11-18)21-14-8-9-15-22(21)28-25(26)19-12-6-3-7-13-19/h2-15,20,24H,16-17H2,1H3,(H,29,30)/t24?,32-/m0/s1. The topological polar surface area (TPSA) is 59.1 Å². The SMILES string of the molecule is C[S@](=O)c1c(-c2ccccc2)nc2ccccc2c1C(=O)NC(c1ccccc1)C1CC1. The third kappa shape index (κ3) is 3.96. The molecule has 5 heteroatoms. The molecule has 2 atom stereocenters. The van der Waals surface area contributed by atoms with Gasteiger partial charge in [0.2, 0.25) is 0 Å². The fraction of sp³-hybridized carbons (Fsp3) is 0.185. The molecule has 1 unspecified atom stereocenters. The van der Waals surface area contributed by atoms with Crippen LogP contribution < -0.4 is 5.32 Å². The van der Waals surface area contributed by atoms with E-state index in [1.54, 1.807) is 6.26 Å². The number of carbonyl (C=O) groups is 1. The first-order valence-electron chi connectivity index (χ1n) is 10.8. The number of para-hydroxylation sites is 1. The van der Waals surface area contributed by atoms with Gasteiger partial charge in [-0.2, -0.15) is 0 Å². The maximum atomic E-state index is 13.8. The third-order valence-electron chi connectivity index (χ3n) is 5.95. The van der Waals surface area contributed by atoms with E-state index in [9.17, 15) is 9.00 Å². The number of hydrogen-bond acceptors (Lipinski definition) is 3. The minimum atomic E-state index is -1.41. The Morgan fingerprint density at radius 3 is 2.22 bits per heavy atom. The summed E-state index contributed by atoms with van der Waals surface area (Å²) in [5.41, 5.74) is 3.71. The number of nitrogens with zero attached hydrogens (tertiary/aromatic N) is 1. The van der Waals surface area contributed by atoms with Crippen LogP contribution in [-0.4, -0.2) is 21.4 Å². The molecule has 0 saturated heterocycles. The summed E-state index contributed by atoms with van der Waals surface area (Å²) < 4.78 is 13.0. The fourth-order valence-electron chi connectivity index (χ4n) is 4.27. The smallest absolute Gasteiger partial charge is 0.253 e. The first-order chi connectivity index (χ1) is 15.6. The molecule has 160 valence electrons. The van der Waals surface area contributed by atoms with Gasteiger partial charge in [-0.3, -0.25) is 9.00 Å². The lowest BCUT2D eigenvalue weighted by Crippen LogP contribution is -2.31. The number of amides is 1. The highest BCUT2D eigenvalue weighted by Crippen LogP contribution is 2.41. The zero-order chi connectivity index (χ0) is 22.1. The molecule has 3 aromatic carbocycles. The minimum Gasteiger partial charge on any atom is -0.345 e. The highest BCUT2D eigenvalue weighted by atomic mass is 32.2. The van der Waals surface area contributed by atoms with Crippen LogP contribution in [0.3, 0.4) is 0 Å². The maximum absolute atomic E-state index is 13.8. The van der Waals surface area contributed by atoms with Crippen molar-refractivity contribution in [1.29, 1.82) is 0 Å². The van der Waals surface area contributed by atoms with Gasteiger partial charge in [-0.25, -0.2) is 4.98 Å². The largest absolute Gasteiger partial charge is 0.345 e. The highest BCUT2D eigenvalue weighted by Gasteiger charge is 2.35. The second kappa shape index (κ2) is 8.67. The van der Waals surface area contributed by atoms with Gasteiger partial charge in [-0.1, -0.05) is 78.9 Å². The number of fused-ring (bicyclic) bond motifs is 1. The molecule has 0 radical (unpaired) electrons. The Hall–Kier alpha value is -3.31. The van der Waals surface area contributed by atoms with Crippen molar-refractivity contribution in [3.8, 4) is 11.3 Å². The van der Waals surface area contributed by atoms with E-state index < -0.39 is 10.8 Å². The average Bonchev–Trinajstić information content (AvgIpc) is 3.67. The second-order valence-corrected chi connectivity index (χ2v) is 9.52. The van der Waals surface area contributed by atoms with Gasteiger partial charge < -0.3 is 5.32 Å². The summed E-state index contributed by atoms with van der Waals surface area (Å²) >= 11 is 0. The Morgan fingerprint density at radius 2 is 1.56 bits per heavy atom. The van der Waals surface area contributed by atoms with Crippen molar-refractivity contribution >= 4 is 27.6 Å². The van der Waals surface area contributed by atoms with E-state index in [0.29, 0.717) is 27.6 Å². The van der Waals surface area contributed by atoms with Gasteiger partial charge in [0.15, 0.2) is 0 Å². The molecule has 1 aliphatic rings. The molecular formula is C27H24N2O2S. The quantitative estimate of drug-likeness (QED) is 0.429. The lowest BCUT2D eigenvalue weighted by molar-refractivity contribution is 0.0930. The lowest BCUT2D eigenvalue weighted by atomic mass is 10.00. The van der Waals surface area contributed by atoms with Crippen molar-refractivity contribution in [3.63, 3.8) is 0 Å². The van der Waals surface area contributed by atoms with Crippen LogP contribution in [0.25, 0.3) is 22.2 Å². The van der Waals surface area contributed by atoms with Crippen molar-refractivity contribution in [3.05, 3.63) is 96.1 Å². The molecule has 1 amide bonds. The molecule has 0 bridgehead atoms. The third-order valence-corrected chi connectivity index (χ3v) is 6.92. The Morgan fingerprint density at radius 1 is 0.938 bits per heavy atom. The van der Waals surface area contributed by atoms with Crippen molar-refractivity contribution in [2.24, 2.45) is 5.92 Å². The van der Waals surface area contributed by atoms with E-state index in [2.05, 4.69) is 17.4 Å². The van der Waals surface area contributed by atoms with Gasteiger partial charge in [-0.05, 0) is 30.4 Å². The second-order valence-electron chi connectivity index (χ2n) is 8.20. The molecule has 0 spiro atoms. The number of rotatable bonds is 6. The summed E-state index contributed by atoms with van der Waals surface area (Å²) in [7, 11) is -1.41. The first kappa shape index (κ1) is 20.6. The number of hydrogen-bond donors (Lipinski definition) is 1. The summed E-state index contributed by atoms with van der Waals surface area (Å²) in [6.45, 7) is 0. The van der Waals surface area contributed by atoms with Gasteiger partial charge >= 0.3 is 0 Å². The number of nitrogens with one attached hydrogen (secondary N) is 1. The van der Waals surface area contributed by atoms with Crippen LogP contribution in [0.4, 0.5) is 0 Å². The summed E-state index contributed by atoms with van der Waals surface area (Å²) in [6, 6.07) is 27.3. The summed E-state index contributed by atoms with van der Waals surface area (Å²) in [5.74, 6) is 0.227. The highest BCUT2D eigenvalue weighted by molar-refractivity contribution is 7.84. The predicted octanol–water partition coefficient (Wildman–Crippen LogP) is 5.52. The van der Waals surface area contributed by atoms with Gasteiger partial charge in [0.1, 0.15) is 0 Å². The number of aromatic nitrogens is 1. The van der Waals surface area contributed by atoms with Crippen LogP contribution in [-0.2, 0) is 10.8 Å². The summed E-state index contributed by atoms with van der Waals surface area (Å²) in [4.78, 5) is 19.1. The monoisotopic (exact) mass is 440 g/mol. The molecule has 5 rings (SSSR count). The molecule has 1 fully saturated rings. The molecule has 1 aromatic heterocycles. The molecule has 1 N–H and O–H groups in total. The minimum absolute atomic E-state index is 0.0612. The molecule has 4 nitrogen and oxygen atoms in total. The molecule has 0 aliphatic heterocycles. The Kier molecular flexibility index (Phi) is 5.58. The molecule has 32 heavy (non-hydrogen) atoms. The molecule has 4 aromatic rings. The van der Waals surface area contributed by atoms with Crippen LogP contribution in [0.15, 0.2) is 89.8 Å². The zero-order valence-electron chi connectivity index (χ0n) is 17.8. The lowest BCUT2D eigenvalue weighted by Gasteiger charge is -2.21. The number of carbonyl (C=O) groups excluding carboxylic acids is 1. The van der Waals surface area contributed by atoms with Crippen molar-refractivity contribution in [2.45, 2.75) is 23.8 Å². The van der Waals surface area contributed by atoms with Crippen LogP contribution in [0.1, 0.15) is 34.8 Å². The predicted molar refractivity (Wildman–Crippen MR) is 129 cm³/mol. The normalized spacial score (nSPS) is 15.3. The van der Waals surface area contributed by atoms with Crippen molar-refractivity contribution in [1.82, 2.24) is 10.3 Å². The van der Waals surface area contributed by atoms with Crippen LogP contribution >= 0.6 is 0 Å². The van der Waals surface area contributed by atoms with E-state index >= 15 is 0 Å². The van der Waals surface area contributed by atoms with Crippen LogP contribution in [0.2, 0.25) is 0 Å². The Balaban J connectivity index is 1.67. The Bertz CT molecular complexity index is 1300. The van der Waals surface area contributed by atoms with Crippen molar-refractivity contribution < 1.29 is 9.00 Å². The first-order valence-corrected chi connectivity index (χ1v) is 12.4.